The second kappa shape index (κ2) is 6.02. The van der Waals surface area contributed by atoms with E-state index in [9.17, 15) is 4.39 Å². The molecule has 1 saturated heterocycles. The van der Waals surface area contributed by atoms with Crippen molar-refractivity contribution in [3.05, 3.63) is 29.6 Å². The molecule has 1 atom stereocenters. The van der Waals surface area contributed by atoms with Crippen LogP contribution in [0.1, 0.15) is 12.0 Å². The lowest BCUT2D eigenvalue weighted by Gasteiger charge is -2.25. The van der Waals surface area contributed by atoms with Crippen LogP contribution in [-0.2, 0) is 5.33 Å². The van der Waals surface area contributed by atoms with Gasteiger partial charge in [0.15, 0.2) is 0 Å². The first-order chi connectivity index (χ1) is 8.61. The first kappa shape index (κ1) is 13.8. The molecule has 2 nitrogen and oxygen atoms in total. The number of alkyl halides is 1. The summed E-state index contributed by atoms with van der Waals surface area (Å²) in [5.74, 6) is 0.517. The van der Waals surface area contributed by atoms with Crippen LogP contribution >= 0.6 is 15.9 Å². The highest BCUT2D eigenvalue weighted by molar-refractivity contribution is 9.08. The second-order valence-electron chi connectivity index (χ2n) is 5.18. The summed E-state index contributed by atoms with van der Waals surface area (Å²) < 4.78 is 14.0. The molecule has 1 heterocycles. The molecule has 1 unspecified atom stereocenters. The molecule has 18 heavy (non-hydrogen) atoms. The van der Waals surface area contributed by atoms with Crippen molar-refractivity contribution in [2.24, 2.45) is 5.92 Å². The smallest absolute Gasteiger partial charge is 0.146 e. The van der Waals surface area contributed by atoms with E-state index in [1.54, 1.807) is 12.1 Å². The van der Waals surface area contributed by atoms with Crippen molar-refractivity contribution in [3.8, 4) is 0 Å². The van der Waals surface area contributed by atoms with Gasteiger partial charge >= 0.3 is 0 Å². The summed E-state index contributed by atoms with van der Waals surface area (Å²) in [7, 11) is 4.13. The van der Waals surface area contributed by atoms with Gasteiger partial charge in [-0.05, 0) is 37.6 Å². The number of para-hydroxylation sites is 1. The van der Waals surface area contributed by atoms with Crippen LogP contribution < -0.4 is 4.90 Å². The van der Waals surface area contributed by atoms with E-state index in [1.807, 2.05) is 13.1 Å². The molecule has 0 aromatic heterocycles. The molecule has 0 bridgehead atoms. The van der Waals surface area contributed by atoms with Crippen LogP contribution in [0.2, 0.25) is 0 Å². The van der Waals surface area contributed by atoms with Gasteiger partial charge in [0.25, 0.3) is 0 Å². The monoisotopic (exact) mass is 314 g/mol. The number of anilines is 1. The Bertz CT molecular complexity index is 411. The van der Waals surface area contributed by atoms with Gasteiger partial charge in [-0.25, -0.2) is 4.39 Å². The van der Waals surface area contributed by atoms with Crippen LogP contribution in [0.4, 0.5) is 10.1 Å². The van der Waals surface area contributed by atoms with E-state index in [0.29, 0.717) is 11.2 Å². The van der Waals surface area contributed by atoms with Crippen molar-refractivity contribution in [2.75, 3.05) is 38.6 Å². The second-order valence-corrected chi connectivity index (χ2v) is 5.74. The summed E-state index contributed by atoms with van der Waals surface area (Å²) in [6.07, 6.45) is 1.21. The van der Waals surface area contributed by atoms with Crippen molar-refractivity contribution in [2.45, 2.75) is 11.8 Å². The van der Waals surface area contributed by atoms with Gasteiger partial charge in [0.2, 0.25) is 0 Å². The standard InChI is InChI=1S/C14H20BrFN2/c1-17-7-6-11(9-17)10-18(2)14-12(8-15)4-3-5-13(14)16/h3-5,11H,6-10H2,1-2H3. The van der Waals surface area contributed by atoms with Gasteiger partial charge in [0.1, 0.15) is 5.82 Å². The summed E-state index contributed by atoms with van der Waals surface area (Å²) in [5, 5.41) is 0.689. The van der Waals surface area contributed by atoms with E-state index in [4.69, 9.17) is 0 Å². The van der Waals surface area contributed by atoms with Gasteiger partial charge in [-0.1, -0.05) is 28.1 Å². The third-order valence-corrected chi connectivity index (χ3v) is 4.22. The maximum atomic E-state index is 14.0. The lowest BCUT2D eigenvalue weighted by molar-refractivity contribution is 0.395. The molecule has 4 heteroatoms. The maximum Gasteiger partial charge on any atom is 0.146 e. The van der Waals surface area contributed by atoms with Crippen molar-refractivity contribution >= 4 is 21.6 Å². The molecule has 0 saturated carbocycles. The molecule has 2 rings (SSSR count). The van der Waals surface area contributed by atoms with Crippen LogP contribution in [0.25, 0.3) is 0 Å². The average Bonchev–Trinajstić information content (AvgIpc) is 2.74. The summed E-state index contributed by atoms with van der Waals surface area (Å²) >= 11 is 3.43. The SMILES string of the molecule is CN1CCC(CN(C)c2c(F)cccc2CBr)C1. The van der Waals surface area contributed by atoms with Crippen LogP contribution in [0.5, 0.6) is 0 Å². The molecule has 0 radical (unpaired) electrons. The lowest BCUT2D eigenvalue weighted by atomic mass is 10.1. The zero-order valence-corrected chi connectivity index (χ0v) is 12.6. The van der Waals surface area contributed by atoms with E-state index < -0.39 is 0 Å². The van der Waals surface area contributed by atoms with Crippen LogP contribution in [-0.4, -0.2) is 38.6 Å². The molecule has 100 valence electrons. The fourth-order valence-corrected chi connectivity index (χ4v) is 3.20. The van der Waals surface area contributed by atoms with Crippen LogP contribution in [0.15, 0.2) is 18.2 Å². The normalized spacial score (nSPS) is 20.3. The number of benzene rings is 1. The fourth-order valence-electron chi connectivity index (χ4n) is 2.75. The third-order valence-electron chi connectivity index (χ3n) is 3.62. The minimum absolute atomic E-state index is 0.124. The number of nitrogens with zero attached hydrogens (tertiary/aromatic N) is 2. The molecule has 1 fully saturated rings. The highest BCUT2D eigenvalue weighted by Crippen LogP contribution is 2.27. The third kappa shape index (κ3) is 3.04. The Balaban J connectivity index is 2.10. The Morgan fingerprint density at radius 1 is 1.50 bits per heavy atom. The molecule has 1 aliphatic rings. The zero-order valence-electron chi connectivity index (χ0n) is 11.0. The Kier molecular flexibility index (Phi) is 4.62. The predicted molar refractivity (Wildman–Crippen MR) is 77.9 cm³/mol. The van der Waals surface area contributed by atoms with Crippen molar-refractivity contribution in [3.63, 3.8) is 0 Å². The van der Waals surface area contributed by atoms with E-state index in [2.05, 4.69) is 32.8 Å². The Hall–Kier alpha value is -0.610. The van der Waals surface area contributed by atoms with Gasteiger partial charge in [-0.3, -0.25) is 0 Å². The van der Waals surface area contributed by atoms with Gasteiger partial charge in [-0.2, -0.15) is 0 Å². The molecular formula is C14H20BrFN2. The summed E-state index contributed by atoms with van der Waals surface area (Å²) in [6, 6.07) is 5.29. The molecular weight excluding hydrogens is 295 g/mol. The number of halogens is 2. The minimum Gasteiger partial charge on any atom is -0.372 e. The Labute approximate surface area is 117 Å². The lowest BCUT2D eigenvalue weighted by Crippen LogP contribution is -2.28. The first-order valence-corrected chi connectivity index (χ1v) is 7.47. The number of rotatable bonds is 4. The predicted octanol–water partition coefficient (Wildman–Crippen LogP) is 3.11. The summed E-state index contributed by atoms with van der Waals surface area (Å²) in [4.78, 5) is 4.40. The van der Waals surface area contributed by atoms with Crippen molar-refractivity contribution in [1.82, 2.24) is 4.90 Å². The molecule has 0 spiro atoms. The molecule has 1 aliphatic heterocycles. The fraction of sp³-hybridized carbons (Fsp3) is 0.571. The topological polar surface area (TPSA) is 6.48 Å². The summed E-state index contributed by atoms with van der Waals surface area (Å²) in [5.41, 5.74) is 1.76. The molecule has 1 aromatic rings. The van der Waals surface area contributed by atoms with Crippen LogP contribution in [0, 0.1) is 11.7 Å². The average molecular weight is 315 g/mol. The van der Waals surface area contributed by atoms with E-state index in [1.165, 1.54) is 6.42 Å². The molecule has 0 aliphatic carbocycles. The quantitative estimate of drug-likeness (QED) is 0.788. The van der Waals surface area contributed by atoms with Crippen molar-refractivity contribution in [1.29, 1.82) is 0 Å². The van der Waals surface area contributed by atoms with Gasteiger partial charge < -0.3 is 9.80 Å². The maximum absolute atomic E-state index is 14.0. The van der Waals surface area contributed by atoms with E-state index in [-0.39, 0.29) is 5.82 Å². The summed E-state index contributed by atoms with van der Waals surface area (Å²) in [6.45, 7) is 3.19. The highest BCUT2D eigenvalue weighted by atomic mass is 79.9. The minimum atomic E-state index is -0.124. The first-order valence-electron chi connectivity index (χ1n) is 6.35. The largest absolute Gasteiger partial charge is 0.372 e. The van der Waals surface area contributed by atoms with Gasteiger partial charge in [0, 0.05) is 25.5 Å². The van der Waals surface area contributed by atoms with E-state index in [0.717, 1.165) is 30.9 Å². The number of hydrogen-bond donors (Lipinski definition) is 0. The molecule has 1 aromatic carbocycles. The number of likely N-dealkylation sites (tertiary alicyclic amines) is 1. The van der Waals surface area contributed by atoms with Crippen LogP contribution in [0.3, 0.4) is 0 Å². The zero-order chi connectivity index (χ0) is 13.1. The number of hydrogen-bond acceptors (Lipinski definition) is 2. The van der Waals surface area contributed by atoms with Crippen molar-refractivity contribution < 1.29 is 4.39 Å². The molecule has 0 amide bonds. The Morgan fingerprint density at radius 2 is 2.28 bits per heavy atom. The van der Waals surface area contributed by atoms with E-state index >= 15 is 0 Å². The van der Waals surface area contributed by atoms with Gasteiger partial charge in [-0.15, -0.1) is 0 Å². The Morgan fingerprint density at radius 3 is 2.89 bits per heavy atom. The van der Waals surface area contributed by atoms with Gasteiger partial charge in [0.05, 0.1) is 5.69 Å². The molecule has 0 N–H and O–H groups in total. The highest BCUT2D eigenvalue weighted by Gasteiger charge is 2.22.